The molecule has 3 heterocycles. The minimum atomic E-state index is -3.34. The number of pyridine rings is 1. The molecule has 2 aliphatic carbocycles. The molecule has 11 heteroatoms. The number of aromatic amines is 1. The Morgan fingerprint density at radius 2 is 1.77 bits per heavy atom. The van der Waals surface area contributed by atoms with Crippen LogP contribution in [0.25, 0.3) is 22.8 Å². The molecule has 0 spiro atoms. The molecule has 1 fully saturated rings. The fraction of sp³-hybridized carbons (Fsp3) is 0.393. The fourth-order valence-corrected chi connectivity index (χ4v) is 7.49. The van der Waals surface area contributed by atoms with Crippen molar-refractivity contribution in [2.45, 2.75) is 57.1 Å². The van der Waals surface area contributed by atoms with Crippen LogP contribution in [0.3, 0.4) is 0 Å². The van der Waals surface area contributed by atoms with Gasteiger partial charge in [-0.05, 0) is 67.0 Å². The highest BCUT2D eigenvalue weighted by molar-refractivity contribution is 7.91. The lowest BCUT2D eigenvalue weighted by Crippen LogP contribution is -2.37. The molecule has 4 aromatic rings. The number of aromatic nitrogens is 6. The van der Waals surface area contributed by atoms with E-state index in [4.69, 9.17) is 4.98 Å². The first-order valence-corrected chi connectivity index (χ1v) is 14.7. The first-order chi connectivity index (χ1) is 18.5. The van der Waals surface area contributed by atoms with Gasteiger partial charge in [-0.1, -0.05) is 32.9 Å². The summed E-state index contributed by atoms with van der Waals surface area (Å²) in [7, 11) is -3.34. The van der Waals surface area contributed by atoms with Gasteiger partial charge < -0.3 is 0 Å². The standard InChI is InChI=1S/C28H28F2N6O2S/c1-5-39(37,38)15(2)25-32-26(36-35-25)20-10-7-11-22(31-20)28-13-12-17(27(28,3)4)16-14-21(33-34-24(16)28)23-18(29)8-6-9-19(23)30/h6-11,14-15,17H,5,12-13H2,1-4H3,(H,32,35,36)/t15-,17-,28+/m0/s1. The van der Waals surface area contributed by atoms with Crippen LogP contribution < -0.4 is 0 Å². The molecule has 0 saturated heterocycles. The Balaban J connectivity index is 1.44. The van der Waals surface area contributed by atoms with Crippen LogP contribution in [0.4, 0.5) is 8.78 Å². The van der Waals surface area contributed by atoms with Crippen molar-refractivity contribution in [3.05, 3.63) is 76.9 Å². The minimum Gasteiger partial charge on any atom is -0.262 e. The highest BCUT2D eigenvalue weighted by Crippen LogP contribution is 2.69. The maximum atomic E-state index is 14.5. The molecule has 2 bridgehead atoms. The van der Waals surface area contributed by atoms with E-state index < -0.39 is 32.1 Å². The Kier molecular flexibility index (Phi) is 5.73. The summed E-state index contributed by atoms with van der Waals surface area (Å²) < 4.78 is 53.8. The third-order valence-electron chi connectivity index (χ3n) is 8.85. The predicted octanol–water partition coefficient (Wildman–Crippen LogP) is 5.30. The Labute approximate surface area is 225 Å². The predicted molar refractivity (Wildman–Crippen MR) is 141 cm³/mol. The van der Waals surface area contributed by atoms with Crippen molar-refractivity contribution in [3.8, 4) is 22.8 Å². The van der Waals surface area contributed by atoms with Gasteiger partial charge in [-0.25, -0.2) is 27.2 Å². The van der Waals surface area contributed by atoms with E-state index in [1.54, 1.807) is 26.0 Å². The van der Waals surface area contributed by atoms with Gasteiger partial charge in [0.25, 0.3) is 0 Å². The second-order valence-electron chi connectivity index (χ2n) is 10.9. The number of sulfone groups is 1. The summed E-state index contributed by atoms with van der Waals surface area (Å²) in [6.45, 7) is 7.53. The van der Waals surface area contributed by atoms with Gasteiger partial charge in [0.05, 0.1) is 28.1 Å². The van der Waals surface area contributed by atoms with Crippen molar-refractivity contribution in [1.29, 1.82) is 0 Å². The lowest BCUT2D eigenvalue weighted by molar-refractivity contribution is 0.243. The van der Waals surface area contributed by atoms with Gasteiger partial charge in [-0.2, -0.15) is 10.2 Å². The maximum absolute atomic E-state index is 14.5. The number of halogens is 2. The molecule has 6 rings (SSSR count). The highest BCUT2D eigenvalue weighted by atomic mass is 32.2. The summed E-state index contributed by atoms with van der Waals surface area (Å²) in [5.74, 6) is -0.669. The highest BCUT2D eigenvalue weighted by Gasteiger charge is 2.65. The first kappa shape index (κ1) is 25.7. The van der Waals surface area contributed by atoms with Crippen molar-refractivity contribution in [2.75, 3.05) is 5.75 Å². The smallest absolute Gasteiger partial charge is 0.199 e. The summed E-state index contributed by atoms with van der Waals surface area (Å²) in [6.07, 6.45) is 1.66. The molecule has 0 aliphatic heterocycles. The van der Waals surface area contributed by atoms with Gasteiger partial charge in [0.1, 0.15) is 28.4 Å². The second kappa shape index (κ2) is 8.70. The summed E-state index contributed by atoms with van der Waals surface area (Å²) in [5.41, 5.74) is 2.13. The number of H-pyrrole nitrogens is 1. The molecule has 1 aromatic carbocycles. The van der Waals surface area contributed by atoms with Crippen molar-refractivity contribution in [2.24, 2.45) is 5.41 Å². The summed E-state index contributed by atoms with van der Waals surface area (Å²) in [5, 5.41) is 15.1. The number of nitrogens with zero attached hydrogens (tertiary/aromatic N) is 5. The number of nitrogens with one attached hydrogen (secondary N) is 1. The van der Waals surface area contributed by atoms with Crippen LogP contribution in [-0.2, 0) is 15.3 Å². The molecule has 0 unspecified atom stereocenters. The van der Waals surface area contributed by atoms with Gasteiger partial charge in [0, 0.05) is 5.75 Å². The number of fused-ring (bicyclic) bond motifs is 5. The molecule has 202 valence electrons. The van der Waals surface area contributed by atoms with Gasteiger partial charge in [-0.15, -0.1) is 5.10 Å². The third-order valence-corrected chi connectivity index (χ3v) is 11.0. The molecule has 1 saturated carbocycles. The lowest BCUT2D eigenvalue weighted by Gasteiger charge is -2.37. The average Bonchev–Trinajstić information content (AvgIpc) is 3.56. The van der Waals surface area contributed by atoms with Crippen molar-refractivity contribution in [1.82, 2.24) is 30.4 Å². The van der Waals surface area contributed by atoms with E-state index >= 15 is 0 Å². The molecule has 1 N–H and O–H groups in total. The van der Waals surface area contributed by atoms with Crippen LogP contribution >= 0.6 is 0 Å². The Bertz CT molecular complexity index is 1700. The van der Waals surface area contributed by atoms with Crippen LogP contribution in [0.2, 0.25) is 0 Å². The number of hydrogen-bond donors (Lipinski definition) is 1. The van der Waals surface area contributed by atoms with E-state index in [9.17, 15) is 17.2 Å². The summed E-state index contributed by atoms with van der Waals surface area (Å²) in [4.78, 5) is 9.43. The molecular formula is C28H28F2N6O2S. The van der Waals surface area contributed by atoms with Gasteiger partial charge in [-0.3, -0.25) is 5.10 Å². The van der Waals surface area contributed by atoms with E-state index in [1.807, 2.05) is 12.1 Å². The average molecular weight is 551 g/mol. The number of benzene rings is 1. The minimum absolute atomic E-state index is 0.00240. The lowest BCUT2D eigenvalue weighted by atomic mass is 9.66. The Hall–Kier alpha value is -3.60. The van der Waals surface area contributed by atoms with E-state index in [0.29, 0.717) is 11.5 Å². The Morgan fingerprint density at radius 1 is 1.05 bits per heavy atom. The van der Waals surface area contributed by atoms with Gasteiger partial charge in [0.2, 0.25) is 0 Å². The van der Waals surface area contributed by atoms with Crippen molar-refractivity contribution >= 4 is 9.84 Å². The van der Waals surface area contributed by atoms with Crippen molar-refractivity contribution < 1.29 is 17.2 Å². The normalized spacial score (nSPS) is 22.2. The summed E-state index contributed by atoms with van der Waals surface area (Å²) in [6, 6.07) is 11.2. The largest absolute Gasteiger partial charge is 0.262 e. The summed E-state index contributed by atoms with van der Waals surface area (Å²) >= 11 is 0. The fourth-order valence-electron chi connectivity index (χ4n) is 6.54. The zero-order valence-corrected chi connectivity index (χ0v) is 22.9. The quantitative estimate of drug-likeness (QED) is 0.346. The maximum Gasteiger partial charge on any atom is 0.199 e. The van der Waals surface area contributed by atoms with E-state index in [-0.39, 0.29) is 34.2 Å². The van der Waals surface area contributed by atoms with Crippen LogP contribution in [-0.4, -0.2) is 44.5 Å². The number of hydrogen-bond acceptors (Lipinski definition) is 7. The third kappa shape index (κ3) is 3.58. The molecule has 39 heavy (non-hydrogen) atoms. The van der Waals surface area contributed by atoms with Crippen LogP contribution in [0, 0.1) is 17.0 Å². The Morgan fingerprint density at radius 3 is 2.49 bits per heavy atom. The molecule has 0 radical (unpaired) electrons. The second-order valence-corrected chi connectivity index (χ2v) is 13.5. The van der Waals surface area contributed by atoms with E-state index in [1.165, 1.54) is 18.2 Å². The zero-order valence-electron chi connectivity index (χ0n) is 22.0. The topological polar surface area (TPSA) is 114 Å². The zero-order chi connectivity index (χ0) is 27.7. The SMILES string of the molecule is CCS(=O)(=O)[C@@H](C)c1nc(-c2cccc([C@]34CC[C@@H](c5cc(-c6c(F)cccc6F)nnc53)C4(C)C)n2)n[nH]1. The van der Waals surface area contributed by atoms with Crippen LogP contribution in [0.15, 0.2) is 42.5 Å². The molecule has 3 atom stereocenters. The molecule has 3 aromatic heterocycles. The monoisotopic (exact) mass is 550 g/mol. The molecule has 8 nitrogen and oxygen atoms in total. The first-order valence-electron chi connectivity index (χ1n) is 13.0. The molecule has 2 aliphatic rings. The van der Waals surface area contributed by atoms with E-state index in [2.05, 4.69) is 39.2 Å². The van der Waals surface area contributed by atoms with Crippen LogP contribution in [0.1, 0.15) is 74.5 Å². The van der Waals surface area contributed by atoms with Crippen LogP contribution in [0.5, 0.6) is 0 Å². The van der Waals surface area contributed by atoms with E-state index in [0.717, 1.165) is 29.8 Å². The van der Waals surface area contributed by atoms with Gasteiger partial charge >= 0.3 is 0 Å². The number of rotatable bonds is 6. The van der Waals surface area contributed by atoms with Crippen molar-refractivity contribution in [3.63, 3.8) is 0 Å². The molecule has 0 amide bonds. The van der Waals surface area contributed by atoms with Gasteiger partial charge in [0.15, 0.2) is 15.7 Å². The molecular weight excluding hydrogens is 522 g/mol.